The number of ether oxygens (including phenoxy) is 2. The first kappa shape index (κ1) is 15.4. The maximum atomic E-state index is 11.1. The average molecular weight is 351 g/mol. The minimum absolute atomic E-state index is 0.156. The van der Waals surface area contributed by atoms with Gasteiger partial charge < -0.3 is 14.6 Å². The topological polar surface area (TPSA) is 55.8 Å². The molecule has 5 heteroatoms. The lowest BCUT2D eigenvalue weighted by Gasteiger charge is -2.11. The van der Waals surface area contributed by atoms with Crippen LogP contribution in [-0.2, 0) is 0 Å². The number of hydrogen-bond donors (Lipinski definition) is 1. The summed E-state index contributed by atoms with van der Waals surface area (Å²) in [5.74, 6) is 0.0916. The van der Waals surface area contributed by atoms with E-state index < -0.39 is 5.97 Å². The van der Waals surface area contributed by atoms with Crippen LogP contribution in [0.1, 0.15) is 15.9 Å². The Labute approximate surface area is 131 Å². The molecule has 1 N–H and O–H groups in total. The highest BCUT2D eigenvalue weighted by Gasteiger charge is 2.11. The van der Waals surface area contributed by atoms with Gasteiger partial charge in [-0.1, -0.05) is 28.1 Å². The minimum Gasteiger partial charge on any atom is -0.490 e. The predicted molar refractivity (Wildman–Crippen MR) is 83.3 cm³/mol. The van der Waals surface area contributed by atoms with Gasteiger partial charge in [-0.2, -0.15) is 0 Å². The molecule has 0 aliphatic carbocycles. The number of halogens is 1. The Balaban J connectivity index is 1.91. The molecule has 0 aliphatic heterocycles. The quantitative estimate of drug-likeness (QED) is 0.802. The standard InChI is InChI=1S/C16H15BrO4/c1-11-5-6-14(16(18)19)15(9-11)21-8-7-20-13-4-2-3-12(17)10-13/h2-6,9-10H,7-8H2,1H3,(H,18,19). The van der Waals surface area contributed by atoms with Gasteiger partial charge in [0.1, 0.15) is 30.3 Å². The highest BCUT2D eigenvalue weighted by atomic mass is 79.9. The average Bonchev–Trinajstić information content (AvgIpc) is 2.43. The summed E-state index contributed by atoms with van der Waals surface area (Å²) in [4.78, 5) is 11.1. The molecule has 2 aromatic rings. The summed E-state index contributed by atoms with van der Waals surface area (Å²) in [6, 6.07) is 12.5. The van der Waals surface area contributed by atoms with Crippen molar-refractivity contribution in [2.75, 3.05) is 13.2 Å². The molecule has 4 nitrogen and oxygen atoms in total. The minimum atomic E-state index is -1.00. The molecule has 0 saturated carbocycles. The zero-order chi connectivity index (χ0) is 15.2. The van der Waals surface area contributed by atoms with Crippen LogP contribution in [0.25, 0.3) is 0 Å². The van der Waals surface area contributed by atoms with Crippen molar-refractivity contribution < 1.29 is 19.4 Å². The van der Waals surface area contributed by atoms with Crippen molar-refractivity contribution in [3.8, 4) is 11.5 Å². The van der Waals surface area contributed by atoms with E-state index in [1.807, 2.05) is 31.2 Å². The summed E-state index contributed by atoms with van der Waals surface area (Å²) in [7, 11) is 0. The molecule has 0 aromatic heterocycles. The summed E-state index contributed by atoms with van der Waals surface area (Å²) < 4.78 is 12.0. The fraction of sp³-hybridized carbons (Fsp3) is 0.188. The molecule has 2 rings (SSSR count). The van der Waals surface area contributed by atoms with Crippen LogP contribution in [0.15, 0.2) is 46.9 Å². The van der Waals surface area contributed by atoms with Gasteiger partial charge >= 0.3 is 5.97 Å². The number of carboxylic acids is 1. The van der Waals surface area contributed by atoms with E-state index in [0.717, 1.165) is 15.8 Å². The van der Waals surface area contributed by atoms with Crippen LogP contribution in [-0.4, -0.2) is 24.3 Å². The Hall–Kier alpha value is -2.01. The maximum Gasteiger partial charge on any atom is 0.339 e. The van der Waals surface area contributed by atoms with Crippen LogP contribution in [0.3, 0.4) is 0 Å². The first-order valence-corrected chi connectivity index (χ1v) is 7.20. The van der Waals surface area contributed by atoms with E-state index in [0.29, 0.717) is 12.4 Å². The van der Waals surface area contributed by atoms with E-state index >= 15 is 0 Å². The largest absolute Gasteiger partial charge is 0.490 e. The van der Waals surface area contributed by atoms with Crippen molar-refractivity contribution in [3.05, 3.63) is 58.1 Å². The molecule has 0 spiro atoms. The van der Waals surface area contributed by atoms with Gasteiger partial charge in [-0.25, -0.2) is 4.79 Å². The van der Waals surface area contributed by atoms with Crippen LogP contribution in [0.2, 0.25) is 0 Å². The fourth-order valence-electron chi connectivity index (χ4n) is 1.79. The molecule has 0 bridgehead atoms. The number of carbonyl (C=O) groups is 1. The van der Waals surface area contributed by atoms with Gasteiger partial charge in [-0.15, -0.1) is 0 Å². The Morgan fingerprint density at radius 3 is 2.62 bits per heavy atom. The smallest absolute Gasteiger partial charge is 0.339 e. The maximum absolute atomic E-state index is 11.1. The number of carboxylic acid groups (broad SMARTS) is 1. The number of aromatic carboxylic acids is 1. The van der Waals surface area contributed by atoms with Crippen LogP contribution in [0.5, 0.6) is 11.5 Å². The molecule has 0 atom stereocenters. The molecule has 0 amide bonds. The molecule has 0 unspecified atom stereocenters. The van der Waals surface area contributed by atoms with Crippen molar-refractivity contribution in [2.24, 2.45) is 0 Å². The van der Waals surface area contributed by atoms with Gasteiger partial charge in [0.25, 0.3) is 0 Å². The number of hydrogen-bond acceptors (Lipinski definition) is 3. The second kappa shape index (κ2) is 7.13. The first-order valence-electron chi connectivity index (χ1n) is 6.41. The predicted octanol–water partition coefficient (Wildman–Crippen LogP) is 3.91. The van der Waals surface area contributed by atoms with Crippen LogP contribution < -0.4 is 9.47 Å². The molecular weight excluding hydrogens is 336 g/mol. The van der Waals surface area contributed by atoms with E-state index in [1.165, 1.54) is 0 Å². The summed E-state index contributed by atoms with van der Waals surface area (Å²) in [6.07, 6.45) is 0. The van der Waals surface area contributed by atoms with Crippen LogP contribution in [0.4, 0.5) is 0 Å². The van der Waals surface area contributed by atoms with Crippen molar-refractivity contribution >= 4 is 21.9 Å². The Kier molecular flexibility index (Phi) is 5.22. The zero-order valence-corrected chi connectivity index (χ0v) is 13.1. The highest BCUT2D eigenvalue weighted by Crippen LogP contribution is 2.21. The second-order valence-corrected chi connectivity index (χ2v) is 5.37. The molecule has 0 radical (unpaired) electrons. The highest BCUT2D eigenvalue weighted by molar-refractivity contribution is 9.10. The summed E-state index contributed by atoms with van der Waals surface area (Å²) in [5, 5.41) is 9.11. The van der Waals surface area contributed by atoms with Crippen LogP contribution in [0, 0.1) is 6.92 Å². The Morgan fingerprint density at radius 2 is 1.90 bits per heavy atom. The molecule has 21 heavy (non-hydrogen) atoms. The molecule has 0 aliphatic rings. The molecule has 0 fully saturated rings. The number of rotatable bonds is 6. The third kappa shape index (κ3) is 4.49. The van der Waals surface area contributed by atoms with E-state index in [1.54, 1.807) is 18.2 Å². The Bertz CT molecular complexity index is 640. The lowest BCUT2D eigenvalue weighted by Crippen LogP contribution is -2.11. The van der Waals surface area contributed by atoms with Gasteiger partial charge in [-0.05, 0) is 42.8 Å². The van der Waals surface area contributed by atoms with Crippen molar-refractivity contribution in [2.45, 2.75) is 6.92 Å². The molecule has 0 heterocycles. The third-order valence-electron chi connectivity index (χ3n) is 2.77. The molecular formula is C16H15BrO4. The van der Waals surface area contributed by atoms with E-state index in [2.05, 4.69) is 15.9 Å². The monoisotopic (exact) mass is 350 g/mol. The van der Waals surface area contributed by atoms with Gasteiger partial charge in [0.05, 0.1) is 0 Å². The number of aryl methyl sites for hydroxylation is 1. The summed E-state index contributed by atoms with van der Waals surface area (Å²) in [5.41, 5.74) is 1.10. The molecule has 2 aromatic carbocycles. The Morgan fingerprint density at radius 1 is 1.14 bits per heavy atom. The zero-order valence-electron chi connectivity index (χ0n) is 11.5. The summed E-state index contributed by atoms with van der Waals surface area (Å²) >= 11 is 3.36. The third-order valence-corrected chi connectivity index (χ3v) is 3.27. The number of benzene rings is 2. The first-order chi connectivity index (χ1) is 10.1. The normalized spacial score (nSPS) is 10.2. The lowest BCUT2D eigenvalue weighted by atomic mass is 10.1. The SMILES string of the molecule is Cc1ccc(C(=O)O)c(OCCOc2cccc(Br)c2)c1. The van der Waals surface area contributed by atoms with Gasteiger partial charge in [0.2, 0.25) is 0 Å². The second-order valence-electron chi connectivity index (χ2n) is 4.46. The van der Waals surface area contributed by atoms with E-state index in [4.69, 9.17) is 14.6 Å². The van der Waals surface area contributed by atoms with Crippen molar-refractivity contribution in [1.82, 2.24) is 0 Å². The fourth-order valence-corrected chi connectivity index (χ4v) is 2.17. The van der Waals surface area contributed by atoms with E-state index in [-0.39, 0.29) is 12.2 Å². The summed E-state index contributed by atoms with van der Waals surface area (Å²) in [6.45, 7) is 2.50. The van der Waals surface area contributed by atoms with Crippen LogP contribution >= 0.6 is 15.9 Å². The van der Waals surface area contributed by atoms with Gasteiger partial charge in [0, 0.05) is 4.47 Å². The molecule has 0 saturated heterocycles. The lowest BCUT2D eigenvalue weighted by molar-refractivity contribution is 0.0691. The van der Waals surface area contributed by atoms with Gasteiger partial charge in [0.15, 0.2) is 0 Å². The van der Waals surface area contributed by atoms with E-state index in [9.17, 15) is 4.79 Å². The van der Waals surface area contributed by atoms with Crippen molar-refractivity contribution in [1.29, 1.82) is 0 Å². The molecule has 110 valence electrons. The van der Waals surface area contributed by atoms with Crippen molar-refractivity contribution in [3.63, 3.8) is 0 Å². The van der Waals surface area contributed by atoms with Gasteiger partial charge in [-0.3, -0.25) is 0 Å².